The van der Waals surface area contributed by atoms with Gasteiger partial charge in [-0.15, -0.1) is 0 Å². The number of aliphatic hydroxyl groups excluding tert-OH is 2. The summed E-state index contributed by atoms with van der Waals surface area (Å²) >= 11 is 0. The number of aliphatic hydroxyl groups is 2. The van der Waals surface area contributed by atoms with Gasteiger partial charge in [0.15, 0.2) is 0 Å². The third-order valence-electron chi connectivity index (χ3n) is 6.21. The molecule has 1 rings (SSSR count). The highest BCUT2D eigenvalue weighted by molar-refractivity contribution is 7.38. The smallest absolute Gasteiger partial charge is 0.324 e. The van der Waals surface area contributed by atoms with Crippen LogP contribution in [0.25, 0.3) is 0 Å². The molecule has 0 fully saturated rings. The summed E-state index contributed by atoms with van der Waals surface area (Å²) in [5.74, 6) is 0.389. The summed E-state index contributed by atoms with van der Waals surface area (Å²) in [6.45, 7) is 20.6. The molecule has 1 aromatic carbocycles. The fourth-order valence-electron chi connectivity index (χ4n) is 4.65. The van der Waals surface area contributed by atoms with E-state index in [0.29, 0.717) is 17.8 Å². The number of benzene rings is 1. The van der Waals surface area contributed by atoms with Crippen LogP contribution in [0.15, 0.2) is 24.3 Å². The van der Waals surface area contributed by atoms with E-state index in [0.717, 1.165) is 6.42 Å². The molecule has 0 aliphatic heterocycles. The van der Waals surface area contributed by atoms with E-state index >= 15 is 0 Å². The molecule has 3 atom stereocenters. The van der Waals surface area contributed by atoms with Crippen LogP contribution in [0, 0.1) is 16.7 Å². The molecular formula is C27H51O5P. The first-order chi connectivity index (χ1) is 14.9. The molecule has 0 aliphatic carbocycles. The van der Waals surface area contributed by atoms with Gasteiger partial charge in [0, 0.05) is 12.5 Å². The van der Waals surface area contributed by atoms with Gasteiger partial charge < -0.3 is 24.9 Å². The summed E-state index contributed by atoms with van der Waals surface area (Å²) in [5.41, 5.74) is 3.03. The lowest BCUT2D eigenvalue weighted by molar-refractivity contribution is 0.0478. The van der Waals surface area contributed by atoms with Crippen LogP contribution < -0.4 is 0 Å². The minimum absolute atomic E-state index is 0.0163. The second-order valence-corrected chi connectivity index (χ2v) is 13.0. The van der Waals surface area contributed by atoms with Gasteiger partial charge in [0.2, 0.25) is 0 Å². The largest absolute Gasteiger partial charge is 0.396 e. The minimum atomic E-state index is -2.62. The quantitative estimate of drug-likeness (QED) is 0.209. The summed E-state index contributed by atoms with van der Waals surface area (Å²) in [4.78, 5) is 21.7. The molecule has 3 unspecified atom stereocenters. The molecule has 0 aliphatic rings. The second kappa shape index (κ2) is 14.1. The average molecular weight is 487 g/mol. The first-order valence-electron chi connectivity index (χ1n) is 12.2. The Kier molecular flexibility index (Phi) is 13.9. The van der Waals surface area contributed by atoms with Crippen LogP contribution in [0.1, 0.15) is 111 Å². The first kappa shape index (κ1) is 32.5. The Morgan fingerprint density at radius 2 is 1.33 bits per heavy atom. The topological polar surface area (TPSA) is 101 Å². The molecule has 0 radical (unpaired) electrons. The third-order valence-corrected chi connectivity index (χ3v) is 6.21. The normalized spacial score (nSPS) is 15.6. The van der Waals surface area contributed by atoms with Gasteiger partial charge in [0.05, 0.1) is 6.10 Å². The van der Waals surface area contributed by atoms with Crippen LogP contribution in [-0.4, -0.2) is 37.6 Å². The van der Waals surface area contributed by atoms with Crippen LogP contribution in [0.2, 0.25) is 0 Å². The zero-order chi connectivity index (χ0) is 26.0. The molecule has 0 bridgehead atoms. The molecule has 5 N–H and O–H groups in total. The first-order valence-corrected chi connectivity index (χ1v) is 13.4. The molecule has 6 heteroatoms. The maximum Gasteiger partial charge on any atom is 0.324 e. The minimum Gasteiger partial charge on any atom is -0.396 e. The predicted octanol–water partition coefficient (Wildman–Crippen LogP) is 6.27. The number of rotatable bonds is 9. The van der Waals surface area contributed by atoms with Crippen molar-refractivity contribution in [3.8, 4) is 0 Å². The Bertz CT molecular complexity index is 653. The van der Waals surface area contributed by atoms with E-state index in [2.05, 4.69) is 86.6 Å². The van der Waals surface area contributed by atoms with Gasteiger partial charge in [0.25, 0.3) is 0 Å². The molecule has 1 aromatic rings. The Morgan fingerprint density at radius 1 is 0.818 bits per heavy atom. The Morgan fingerprint density at radius 3 is 1.76 bits per heavy atom. The van der Waals surface area contributed by atoms with Crippen LogP contribution >= 0.6 is 8.60 Å². The van der Waals surface area contributed by atoms with Crippen molar-refractivity contribution in [1.29, 1.82) is 0 Å². The molecule has 0 saturated heterocycles. The fourth-order valence-corrected chi connectivity index (χ4v) is 4.65. The van der Waals surface area contributed by atoms with Crippen molar-refractivity contribution in [3.05, 3.63) is 35.4 Å². The van der Waals surface area contributed by atoms with Crippen molar-refractivity contribution < 1.29 is 24.9 Å². The standard InChI is InChI=1S/C27H48O2.H3O3P/c1-25(2,3)18-13-12-16-22(27(7,8)9)24(23(29)17-19-28)20-14-10-11-15-21(20)26(4,5)6;1-4(2)3/h10-11,14-15,22-24,28-29H,12-13,16-19H2,1-9H3;1-3H. The highest BCUT2D eigenvalue weighted by atomic mass is 31.2. The zero-order valence-corrected chi connectivity index (χ0v) is 23.4. The molecular weight excluding hydrogens is 435 g/mol. The van der Waals surface area contributed by atoms with E-state index in [9.17, 15) is 10.2 Å². The fraction of sp³-hybridized carbons (Fsp3) is 0.778. The lowest BCUT2D eigenvalue weighted by Crippen LogP contribution is -2.36. The van der Waals surface area contributed by atoms with Crippen molar-refractivity contribution >= 4 is 8.60 Å². The zero-order valence-electron chi connectivity index (χ0n) is 22.5. The third kappa shape index (κ3) is 13.2. The van der Waals surface area contributed by atoms with E-state index in [-0.39, 0.29) is 23.4 Å². The molecule has 5 nitrogen and oxygen atoms in total. The average Bonchev–Trinajstić information content (AvgIpc) is 2.61. The van der Waals surface area contributed by atoms with Crippen molar-refractivity contribution in [2.24, 2.45) is 16.7 Å². The van der Waals surface area contributed by atoms with Gasteiger partial charge in [-0.1, -0.05) is 99.4 Å². The number of hydrogen-bond donors (Lipinski definition) is 5. The van der Waals surface area contributed by atoms with Gasteiger partial charge in [-0.3, -0.25) is 0 Å². The lowest BCUT2D eigenvalue weighted by Gasteiger charge is -2.42. The predicted molar refractivity (Wildman–Crippen MR) is 140 cm³/mol. The monoisotopic (exact) mass is 486 g/mol. The molecule has 194 valence electrons. The van der Waals surface area contributed by atoms with E-state index in [1.54, 1.807) is 0 Å². The van der Waals surface area contributed by atoms with E-state index in [1.165, 1.54) is 30.4 Å². The summed E-state index contributed by atoms with van der Waals surface area (Å²) < 4.78 is 0. The highest BCUT2D eigenvalue weighted by Crippen LogP contribution is 2.46. The van der Waals surface area contributed by atoms with Crippen molar-refractivity contribution in [1.82, 2.24) is 0 Å². The number of unbranched alkanes of at least 4 members (excludes halogenated alkanes) is 1. The van der Waals surface area contributed by atoms with Crippen molar-refractivity contribution in [2.75, 3.05) is 6.61 Å². The van der Waals surface area contributed by atoms with Crippen LogP contribution in [0.4, 0.5) is 0 Å². The van der Waals surface area contributed by atoms with Gasteiger partial charge in [-0.25, -0.2) is 0 Å². The van der Waals surface area contributed by atoms with Crippen LogP contribution in [-0.2, 0) is 5.41 Å². The summed E-state index contributed by atoms with van der Waals surface area (Å²) in [7, 11) is -2.62. The Labute approximate surface area is 204 Å². The molecule has 0 spiro atoms. The molecule has 33 heavy (non-hydrogen) atoms. The van der Waals surface area contributed by atoms with Crippen LogP contribution in [0.5, 0.6) is 0 Å². The summed E-state index contributed by atoms with van der Waals surface area (Å²) in [6.07, 6.45) is 4.63. The van der Waals surface area contributed by atoms with Gasteiger partial charge in [0.1, 0.15) is 0 Å². The highest BCUT2D eigenvalue weighted by Gasteiger charge is 2.38. The van der Waals surface area contributed by atoms with Gasteiger partial charge >= 0.3 is 8.60 Å². The van der Waals surface area contributed by atoms with Crippen molar-refractivity contribution in [3.63, 3.8) is 0 Å². The van der Waals surface area contributed by atoms with E-state index < -0.39 is 14.7 Å². The maximum absolute atomic E-state index is 11.2. The van der Waals surface area contributed by atoms with Gasteiger partial charge in [-0.2, -0.15) is 0 Å². The summed E-state index contributed by atoms with van der Waals surface area (Å²) in [5, 5.41) is 20.8. The van der Waals surface area contributed by atoms with E-state index in [1.807, 2.05) is 0 Å². The SMILES string of the molecule is CC(C)(C)CCCCC(C(c1ccccc1C(C)(C)C)C(O)CCO)C(C)(C)C.OP(O)O. The van der Waals surface area contributed by atoms with Crippen LogP contribution in [0.3, 0.4) is 0 Å². The lowest BCUT2D eigenvalue weighted by atomic mass is 9.64. The van der Waals surface area contributed by atoms with Gasteiger partial charge in [-0.05, 0) is 52.6 Å². The second-order valence-electron chi connectivity index (χ2n) is 12.5. The molecule has 0 heterocycles. The Hall–Kier alpha value is -0.550. The summed E-state index contributed by atoms with van der Waals surface area (Å²) in [6, 6.07) is 8.63. The number of hydrogen-bond acceptors (Lipinski definition) is 5. The molecule has 0 aromatic heterocycles. The maximum atomic E-state index is 11.2. The van der Waals surface area contributed by atoms with Crippen molar-refractivity contribution in [2.45, 2.75) is 112 Å². The molecule has 0 amide bonds. The Balaban J connectivity index is 0.00000235. The molecule has 0 saturated carbocycles. The van der Waals surface area contributed by atoms with E-state index in [4.69, 9.17) is 14.7 Å².